The molecule has 0 saturated carbocycles. The van der Waals surface area contributed by atoms with E-state index >= 15 is 0 Å². The summed E-state index contributed by atoms with van der Waals surface area (Å²) in [6.07, 6.45) is 7.22. The first-order chi connectivity index (χ1) is 15.4. The molecule has 0 radical (unpaired) electrons. The van der Waals surface area contributed by atoms with Gasteiger partial charge in [-0.25, -0.2) is 0 Å². The van der Waals surface area contributed by atoms with Crippen molar-refractivity contribution in [1.29, 1.82) is 0 Å². The number of aromatic amines is 1. The largest absolute Gasteiger partial charge is 0.328 e. The molecule has 1 atom stereocenters. The normalized spacial score (nSPS) is 18.0. The molecule has 1 aliphatic rings. The van der Waals surface area contributed by atoms with Gasteiger partial charge in [0.2, 0.25) is 0 Å². The van der Waals surface area contributed by atoms with E-state index in [4.69, 9.17) is 5.73 Å². The monoisotopic (exact) mass is 436 g/mol. The molecule has 2 aromatic heterocycles. The van der Waals surface area contributed by atoms with Gasteiger partial charge in [0.15, 0.2) is 5.43 Å². The summed E-state index contributed by atoms with van der Waals surface area (Å²) in [6.45, 7) is 3.11. The average molecular weight is 437 g/mol. The lowest BCUT2D eigenvalue weighted by Crippen LogP contribution is -2.51. The molecule has 0 spiro atoms. The van der Waals surface area contributed by atoms with E-state index in [1.165, 1.54) is 5.69 Å². The van der Waals surface area contributed by atoms with Crippen molar-refractivity contribution in [2.24, 2.45) is 5.73 Å². The van der Waals surface area contributed by atoms with Crippen molar-refractivity contribution in [3.8, 4) is 0 Å². The molecule has 4 rings (SSSR count). The maximum absolute atomic E-state index is 13.8. The van der Waals surface area contributed by atoms with Gasteiger partial charge in [0.1, 0.15) is 0 Å². The summed E-state index contributed by atoms with van der Waals surface area (Å²) in [7, 11) is 8.33. The highest BCUT2D eigenvalue weighted by Gasteiger charge is 2.37. The molecule has 1 unspecified atom stereocenters. The zero-order valence-corrected chi connectivity index (χ0v) is 19.7. The number of aryl methyl sites for hydroxylation is 1. The van der Waals surface area contributed by atoms with Crippen molar-refractivity contribution in [1.82, 2.24) is 24.7 Å². The van der Waals surface area contributed by atoms with Crippen LogP contribution in [0.25, 0.3) is 22.5 Å². The van der Waals surface area contributed by atoms with Gasteiger partial charge in [0.05, 0.1) is 22.1 Å². The van der Waals surface area contributed by atoms with E-state index in [2.05, 4.69) is 65.1 Å². The number of rotatable bonds is 10. The van der Waals surface area contributed by atoms with Crippen LogP contribution in [0.1, 0.15) is 29.7 Å². The lowest BCUT2D eigenvalue weighted by Gasteiger charge is -2.34. The Morgan fingerprint density at radius 3 is 2.53 bits per heavy atom. The van der Waals surface area contributed by atoms with Gasteiger partial charge >= 0.3 is 0 Å². The first-order valence-electron chi connectivity index (χ1n) is 11.5. The maximum Gasteiger partial charge on any atom is 0.195 e. The third-order valence-corrected chi connectivity index (χ3v) is 6.46. The Bertz CT molecular complexity index is 1190. The number of nitrogens with one attached hydrogen (secondary N) is 2. The number of fused-ring (bicyclic) bond motifs is 2. The number of hydrogen-bond donors (Lipinski definition) is 3. The second-order valence-electron chi connectivity index (χ2n) is 9.41. The quantitative estimate of drug-likeness (QED) is 0.424. The van der Waals surface area contributed by atoms with Crippen LogP contribution in [0, 0.1) is 0 Å². The van der Waals surface area contributed by atoms with Crippen LogP contribution in [0.5, 0.6) is 0 Å². The highest BCUT2D eigenvalue weighted by Crippen LogP contribution is 2.36. The molecule has 7 nitrogen and oxygen atoms in total. The zero-order valence-electron chi connectivity index (χ0n) is 19.7. The van der Waals surface area contributed by atoms with Crippen molar-refractivity contribution in [3.05, 3.63) is 57.4 Å². The number of aromatic nitrogens is 2. The van der Waals surface area contributed by atoms with Crippen LogP contribution in [0.3, 0.4) is 0 Å². The van der Waals surface area contributed by atoms with Crippen LogP contribution in [-0.2, 0) is 12.0 Å². The second-order valence-corrected chi connectivity index (χ2v) is 9.41. The van der Waals surface area contributed by atoms with Gasteiger partial charge in [-0.15, -0.1) is 0 Å². The Morgan fingerprint density at radius 2 is 1.81 bits per heavy atom. The van der Waals surface area contributed by atoms with E-state index < -0.39 is 5.54 Å². The van der Waals surface area contributed by atoms with E-state index in [1.807, 2.05) is 24.3 Å². The number of nitrogens with zero attached hydrogens (tertiary/aromatic N) is 3. The lowest BCUT2D eigenvalue weighted by molar-refractivity contribution is 0.365. The summed E-state index contributed by atoms with van der Waals surface area (Å²) in [5.41, 5.74) is 10.7. The molecule has 1 aromatic carbocycles. The van der Waals surface area contributed by atoms with Crippen LogP contribution >= 0.6 is 0 Å². The van der Waals surface area contributed by atoms with Crippen LogP contribution < -0.4 is 16.5 Å². The third kappa shape index (κ3) is 4.01. The molecule has 0 fully saturated rings. The van der Waals surface area contributed by atoms with Gasteiger partial charge in [-0.2, -0.15) is 0 Å². The topological polar surface area (TPSA) is 81.8 Å². The molecule has 1 aliphatic carbocycles. The fourth-order valence-corrected chi connectivity index (χ4v) is 4.81. The standard InChI is InChI=1S/C25H36N6O/c1-29(2)15-7-10-20-18-12-13-25(17-26,27-14-8-16-30(3)4)22-23(18)31(28-20)21-11-6-5-9-19(21)24(22)32/h5-6,9,11-13,27-28H,7-8,10,14-17,26H2,1-4H3. The molecular formula is C25H36N6O. The summed E-state index contributed by atoms with van der Waals surface area (Å²) < 4.78 is 2.10. The Balaban J connectivity index is 1.85. The average Bonchev–Trinajstić information content (AvgIpc) is 3.14. The molecular weight excluding hydrogens is 400 g/mol. The molecule has 0 bridgehead atoms. The van der Waals surface area contributed by atoms with Gasteiger partial charge in [0.25, 0.3) is 0 Å². The molecule has 2 heterocycles. The Labute approximate surface area is 189 Å². The van der Waals surface area contributed by atoms with Crippen molar-refractivity contribution in [3.63, 3.8) is 0 Å². The van der Waals surface area contributed by atoms with Crippen LogP contribution in [0.2, 0.25) is 0 Å². The third-order valence-electron chi connectivity index (χ3n) is 6.46. The highest BCUT2D eigenvalue weighted by molar-refractivity contribution is 5.90. The van der Waals surface area contributed by atoms with E-state index in [9.17, 15) is 4.79 Å². The van der Waals surface area contributed by atoms with E-state index in [0.29, 0.717) is 6.54 Å². The minimum Gasteiger partial charge on any atom is -0.328 e. The van der Waals surface area contributed by atoms with Crippen molar-refractivity contribution >= 4 is 22.5 Å². The fourth-order valence-electron chi connectivity index (χ4n) is 4.81. The number of hydrogen-bond acceptors (Lipinski definition) is 5. The fraction of sp³-hybridized carbons (Fsp3) is 0.480. The van der Waals surface area contributed by atoms with E-state index in [1.54, 1.807) is 0 Å². The van der Waals surface area contributed by atoms with Crippen LogP contribution in [-0.4, -0.2) is 73.8 Å². The molecule has 7 heteroatoms. The van der Waals surface area contributed by atoms with Crippen LogP contribution in [0.4, 0.5) is 0 Å². The predicted molar refractivity (Wildman–Crippen MR) is 133 cm³/mol. The number of pyridine rings is 1. The SMILES string of the molecule is CN(C)CCCNC1(CN)C=Cc2c(CCCN(C)C)[nH]n3c2c1c(=O)c1ccccc13. The highest BCUT2D eigenvalue weighted by atomic mass is 16.1. The summed E-state index contributed by atoms with van der Waals surface area (Å²) in [5, 5.41) is 7.98. The number of nitrogens with two attached hydrogens (primary N) is 1. The van der Waals surface area contributed by atoms with Crippen molar-refractivity contribution in [2.45, 2.75) is 24.8 Å². The summed E-state index contributed by atoms with van der Waals surface area (Å²) >= 11 is 0. The molecule has 32 heavy (non-hydrogen) atoms. The van der Waals surface area contributed by atoms with Crippen LogP contribution in [0.15, 0.2) is 35.1 Å². The van der Waals surface area contributed by atoms with Crippen molar-refractivity contribution < 1.29 is 0 Å². The summed E-state index contributed by atoms with van der Waals surface area (Å²) in [4.78, 5) is 18.2. The van der Waals surface area contributed by atoms with Gasteiger partial charge in [-0.05, 0) is 79.2 Å². The molecule has 0 amide bonds. The maximum atomic E-state index is 13.8. The van der Waals surface area contributed by atoms with Gasteiger partial charge in [-0.3, -0.25) is 14.4 Å². The van der Waals surface area contributed by atoms with Gasteiger partial charge in [-0.1, -0.05) is 24.3 Å². The Morgan fingerprint density at radius 1 is 1.09 bits per heavy atom. The molecule has 0 saturated heterocycles. The Kier molecular flexibility index (Phi) is 6.53. The van der Waals surface area contributed by atoms with E-state index in [-0.39, 0.29) is 5.43 Å². The smallest absolute Gasteiger partial charge is 0.195 e. The number of H-pyrrole nitrogens is 1. The molecule has 4 N–H and O–H groups in total. The number of para-hydroxylation sites is 1. The zero-order chi connectivity index (χ0) is 22.9. The summed E-state index contributed by atoms with van der Waals surface area (Å²) in [6, 6.07) is 7.84. The summed E-state index contributed by atoms with van der Waals surface area (Å²) in [5.74, 6) is 0. The first kappa shape index (κ1) is 22.7. The minimum absolute atomic E-state index is 0.0654. The minimum atomic E-state index is -0.672. The molecule has 0 aliphatic heterocycles. The van der Waals surface area contributed by atoms with E-state index in [0.717, 1.165) is 66.4 Å². The molecule has 172 valence electrons. The van der Waals surface area contributed by atoms with Crippen molar-refractivity contribution in [2.75, 3.05) is 54.4 Å². The molecule has 3 aromatic rings. The second kappa shape index (κ2) is 9.19. The van der Waals surface area contributed by atoms with Gasteiger partial charge in [0, 0.05) is 23.2 Å². The Hall–Kier alpha value is -2.45. The first-order valence-corrected chi connectivity index (χ1v) is 11.5. The predicted octanol–water partition coefficient (Wildman–Crippen LogP) is 2.00. The van der Waals surface area contributed by atoms with Gasteiger partial charge < -0.3 is 20.9 Å². The number of benzene rings is 1. The lowest BCUT2D eigenvalue weighted by atomic mass is 9.82.